The lowest BCUT2D eigenvalue weighted by Crippen LogP contribution is -2.41. The lowest BCUT2D eigenvalue weighted by molar-refractivity contribution is -0.138. The Bertz CT molecular complexity index is 1520. The summed E-state index contributed by atoms with van der Waals surface area (Å²) in [7, 11) is 0. The average Bonchev–Trinajstić information content (AvgIpc) is 2.99. The standard InChI is InChI=1S/2C17H15Cl2NO2/c2*1-10-8-13(19)6-7-14(10)17-16(20-15(21)9-22-17)11-2-4-12(18)5-3-11/h2*2-8,16-17H,9H2,1H3,(H,20,21)/t2*16-,17+/m10/s1. The number of rotatable bonds is 4. The minimum Gasteiger partial charge on any atom is -0.361 e. The molecule has 0 radical (unpaired) electrons. The second kappa shape index (κ2) is 14.3. The number of carbonyl (C=O) groups is 2. The molecule has 0 bridgehead atoms. The highest BCUT2D eigenvalue weighted by molar-refractivity contribution is 6.31. The van der Waals surface area contributed by atoms with E-state index in [1.54, 1.807) is 0 Å². The molecule has 2 aliphatic heterocycles. The summed E-state index contributed by atoms with van der Waals surface area (Å²) >= 11 is 23.9. The summed E-state index contributed by atoms with van der Waals surface area (Å²) in [5.41, 5.74) is 6.02. The van der Waals surface area contributed by atoms with Crippen molar-refractivity contribution in [2.24, 2.45) is 0 Å². The van der Waals surface area contributed by atoms with Crippen LogP contribution in [-0.4, -0.2) is 25.0 Å². The molecule has 4 aromatic carbocycles. The molecule has 0 saturated carbocycles. The molecule has 44 heavy (non-hydrogen) atoms. The molecule has 2 saturated heterocycles. The third-order valence-electron chi connectivity index (χ3n) is 7.56. The van der Waals surface area contributed by atoms with Crippen molar-refractivity contribution in [1.82, 2.24) is 10.6 Å². The van der Waals surface area contributed by atoms with E-state index in [1.165, 1.54) is 0 Å². The van der Waals surface area contributed by atoms with E-state index in [1.807, 2.05) is 98.8 Å². The number of carbonyl (C=O) groups excluding carboxylic acids is 2. The Morgan fingerprint density at radius 2 is 0.886 bits per heavy atom. The van der Waals surface area contributed by atoms with Crippen molar-refractivity contribution >= 4 is 58.2 Å². The Hall–Kier alpha value is -3.10. The van der Waals surface area contributed by atoms with Crippen molar-refractivity contribution in [2.45, 2.75) is 38.1 Å². The first-order valence-corrected chi connectivity index (χ1v) is 15.4. The molecular weight excluding hydrogens is 642 g/mol. The van der Waals surface area contributed by atoms with E-state index in [9.17, 15) is 9.59 Å². The normalized spacial score (nSPS) is 21.5. The van der Waals surface area contributed by atoms with E-state index in [-0.39, 0.29) is 49.3 Å². The van der Waals surface area contributed by atoms with Gasteiger partial charge < -0.3 is 20.1 Å². The Kier molecular flexibility index (Phi) is 10.5. The highest BCUT2D eigenvalue weighted by Crippen LogP contribution is 2.38. The first-order chi connectivity index (χ1) is 21.1. The van der Waals surface area contributed by atoms with E-state index >= 15 is 0 Å². The zero-order valence-electron chi connectivity index (χ0n) is 24.0. The lowest BCUT2D eigenvalue weighted by atomic mass is 9.92. The smallest absolute Gasteiger partial charge is 0.246 e. The number of halogens is 4. The van der Waals surface area contributed by atoms with Gasteiger partial charge in [-0.3, -0.25) is 9.59 Å². The Labute approximate surface area is 276 Å². The zero-order chi connectivity index (χ0) is 31.4. The molecule has 0 aromatic heterocycles. The molecule has 2 heterocycles. The maximum Gasteiger partial charge on any atom is 0.246 e. The fourth-order valence-electron chi connectivity index (χ4n) is 5.42. The topological polar surface area (TPSA) is 76.7 Å². The number of benzene rings is 4. The molecule has 0 unspecified atom stereocenters. The number of hydrogen-bond acceptors (Lipinski definition) is 4. The third kappa shape index (κ3) is 7.75. The van der Waals surface area contributed by atoms with E-state index in [2.05, 4.69) is 10.6 Å². The van der Waals surface area contributed by atoms with Crippen LogP contribution in [-0.2, 0) is 19.1 Å². The number of hydrogen-bond donors (Lipinski definition) is 2. The van der Waals surface area contributed by atoms with Gasteiger partial charge in [0.1, 0.15) is 25.4 Å². The van der Waals surface area contributed by atoms with Crippen LogP contribution >= 0.6 is 46.4 Å². The molecule has 2 N–H and O–H groups in total. The Balaban J connectivity index is 0.000000175. The molecule has 2 aliphatic rings. The van der Waals surface area contributed by atoms with Crippen LogP contribution in [0.1, 0.15) is 57.7 Å². The maximum atomic E-state index is 11.7. The molecule has 6 rings (SSSR count). The van der Waals surface area contributed by atoms with Gasteiger partial charge in [-0.1, -0.05) is 82.8 Å². The molecule has 6 nitrogen and oxygen atoms in total. The van der Waals surface area contributed by atoms with Crippen molar-refractivity contribution in [3.05, 3.63) is 138 Å². The second-order valence-corrected chi connectivity index (χ2v) is 12.4. The van der Waals surface area contributed by atoms with Gasteiger partial charge in [-0.15, -0.1) is 0 Å². The Morgan fingerprint density at radius 3 is 1.23 bits per heavy atom. The van der Waals surface area contributed by atoms with Crippen molar-refractivity contribution in [1.29, 1.82) is 0 Å². The number of morpholine rings is 2. The van der Waals surface area contributed by atoms with Crippen LogP contribution in [0, 0.1) is 13.8 Å². The number of ether oxygens (including phenoxy) is 2. The second-order valence-electron chi connectivity index (χ2n) is 10.7. The predicted molar refractivity (Wildman–Crippen MR) is 174 cm³/mol. The minimum atomic E-state index is -0.254. The summed E-state index contributed by atoms with van der Waals surface area (Å²) in [6, 6.07) is 25.7. The van der Waals surface area contributed by atoms with Crippen LogP contribution in [0.15, 0.2) is 84.9 Å². The van der Waals surface area contributed by atoms with Gasteiger partial charge in [0.2, 0.25) is 11.8 Å². The monoisotopic (exact) mass is 670 g/mol. The van der Waals surface area contributed by atoms with Crippen LogP contribution in [0.3, 0.4) is 0 Å². The molecule has 4 atom stereocenters. The minimum absolute atomic E-state index is 0.0524. The summed E-state index contributed by atoms with van der Waals surface area (Å²) in [5, 5.41) is 8.69. The summed E-state index contributed by atoms with van der Waals surface area (Å²) in [4.78, 5) is 23.5. The average molecular weight is 672 g/mol. The molecule has 0 aliphatic carbocycles. The fourth-order valence-corrected chi connectivity index (χ4v) is 6.12. The van der Waals surface area contributed by atoms with Gasteiger partial charge in [0.25, 0.3) is 0 Å². The van der Waals surface area contributed by atoms with Crippen molar-refractivity contribution in [2.75, 3.05) is 13.2 Å². The van der Waals surface area contributed by atoms with Gasteiger partial charge in [0.15, 0.2) is 0 Å². The van der Waals surface area contributed by atoms with E-state index in [4.69, 9.17) is 55.9 Å². The van der Waals surface area contributed by atoms with Gasteiger partial charge in [0, 0.05) is 20.1 Å². The fraction of sp³-hybridized carbons (Fsp3) is 0.235. The van der Waals surface area contributed by atoms with Crippen molar-refractivity contribution in [3.63, 3.8) is 0 Å². The third-order valence-corrected chi connectivity index (χ3v) is 8.54. The van der Waals surface area contributed by atoms with Crippen LogP contribution in [0.5, 0.6) is 0 Å². The number of aryl methyl sites for hydroxylation is 2. The SMILES string of the molecule is Cc1cc(Cl)ccc1[C@@H]1OCC(=O)N[C@@H]1c1ccc(Cl)cc1.Cc1cc(Cl)ccc1[C@H]1OCC(=O)N[C@H]1c1ccc(Cl)cc1. The molecule has 0 spiro atoms. The summed E-state index contributed by atoms with van der Waals surface area (Å²) in [6.07, 6.45) is -0.507. The van der Waals surface area contributed by atoms with Gasteiger partial charge >= 0.3 is 0 Å². The van der Waals surface area contributed by atoms with Crippen molar-refractivity contribution in [3.8, 4) is 0 Å². The van der Waals surface area contributed by atoms with Crippen LogP contribution in [0.2, 0.25) is 20.1 Å². The highest BCUT2D eigenvalue weighted by atomic mass is 35.5. The number of nitrogens with one attached hydrogen (secondary N) is 2. The molecule has 2 amide bonds. The number of amides is 2. The molecule has 2 fully saturated rings. The summed E-state index contributed by atoms with van der Waals surface area (Å²) < 4.78 is 11.6. The molecular formula is C34H30Cl4N2O4. The summed E-state index contributed by atoms with van der Waals surface area (Å²) in [6.45, 7) is 4.08. The first-order valence-electron chi connectivity index (χ1n) is 13.9. The van der Waals surface area contributed by atoms with Crippen LogP contribution in [0.4, 0.5) is 0 Å². The van der Waals surface area contributed by atoms with Crippen molar-refractivity contribution < 1.29 is 19.1 Å². The van der Waals surface area contributed by atoms with Gasteiger partial charge in [0.05, 0.1) is 12.1 Å². The molecule has 4 aromatic rings. The first kappa shape index (κ1) is 32.3. The molecule has 10 heteroatoms. The van der Waals surface area contributed by atoms with Gasteiger partial charge in [-0.25, -0.2) is 0 Å². The maximum absolute atomic E-state index is 11.7. The van der Waals surface area contributed by atoms with Gasteiger partial charge in [-0.2, -0.15) is 0 Å². The van der Waals surface area contributed by atoms with Crippen LogP contribution in [0.25, 0.3) is 0 Å². The summed E-state index contributed by atoms with van der Waals surface area (Å²) in [5.74, 6) is -0.245. The van der Waals surface area contributed by atoms with E-state index in [0.29, 0.717) is 20.1 Å². The Morgan fingerprint density at radius 1 is 0.545 bits per heavy atom. The zero-order valence-corrected chi connectivity index (χ0v) is 27.0. The largest absolute Gasteiger partial charge is 0.361 e. The molecule has 228 valence electrons. The van der Waals surface area contributed by atoms with Gasteiger partial charge in [-0.05, 0) is 95.8 Å². The highest BCUT2D eigenvalue weighted by Gasteiger charge is 2.34. The predicted octanol–water partition coefficient (Wildman–Crippen LogP) is 8.46. The lowest BCUT2D eigenvalue weighted by Gasteiger charge is -2.34. The van der Waals surface area contributed by atoms with E-state index in [0.717, 1.165) is 33.4 Å². The van der Waals surface area contributed by atoms with Crippen LogP contribution < -0.4 is 10.6 Å². The van der Waals surface area contributed by atoms with E-state index < -0.39 is 0 Å². The quantitative estimate of drug-likeness (QED) is 0.228.